The van der Waals surface area contributed by atoms with E-state index in [2.05, 4.69) is 28.5 Å². The summed E-state index contributed by atoms with van der Waals surface area (Å²) in [4.78, 5) is 12.5. The number of nitrogens with one attached hydrogen (secondary N) is 1. The first-order valence-corrected chi connectivity index (χ1v) is 8.68. The third-order valence-corrected chi connectivity index (χ3v) is 4.67. The zero-order valence-electron chi connectivity index (χ0n) is 15.4. The van der Waals surface area contributed by atoms with Crippen LogP contribution in [0.2, 0.25) is 0 Å². The van der Waals surface area contributed by atoms with Crippen molar-refractivity contribution in [2.24, 2.45) is 0 Å². The first kappa shape index (κ1) is 17.0. The van der Waals surface area contributed by atoms with Gasteiger partial charge >= 0.3 is 6.01 Å². The molecular formula is C21H19N3O3. The van der Waals surface area contributed by atoms with Gasteiger partial charge in [-0.15, -0.1) is 5.10 Å². The van der Waals surface area contributed by atoms with Gasteiger partial charge in [-0.1, -0.05) is 29.4 Å². The molecule has 136 valence electrons. The fourth-order valence-electron chi connectivity index (χ4n) is 3.22. The van der Waals surface area contributed by atoms with Crippen LogP contribution >= 0.6 is 0 Å². The monoisotopic (exact) mass is 361 g/mol. The number of furan rings is 1. The maximum atomic E-state index is 12.5. The van der Waals surface area contributed by atoms with Gasteiger partial charge in [0.1, 0.15) is 5.58 Å². The zero-order chi connectivity index (χ0) is 19.0. The Hall–Kier alpha value is -3.41. The smallest absolute Gasteiger partial charge is 0.322 e. The summed E-state index contributed by atoms with van der Waals surface area (Å²) in [7, 11) is 0. The number of aromatic nitrogens is 2. The first-order valence-electron chi connectivity index (χ1n) is 8.68. The molecule has 1 amide bonds. The Labute approximate surface area is 156 Å². The van der Waals surface area contributed by atoms with E-state index in [9.17, 15) is 4.79 Å². The van der Waals surface area contributed by atoms with Gasteiger partial charge < -0.3 is 8.83 Å². The van der Waals surface area contributed by atoms with Crippen molar-refractivity contribution in [2.75, 3.05) is 5.32 Å². The van der Waals surface area contributed by atoms with Crippen molar-refractivity contribution >= 4 is 22.9 Å². The lowest BCUT2D eigenvalue weighted by Gasteiger charge is -2.05. The number of aryl methyl sites for hydroxylation is 3. The number of carbonyl (C=O) groups excluding carboxylic acids is 1. The Bertz CT molecular complexity index is 1130. The van der Waals surface area contributed by atoms with Crippen LogP contribution in [0.5, 0.6) is 0 Å². The minimum absolute atomic E-state index is 0.0791. The lowest BCUT2D eigenvalue weighted by atomic mass is 9.99. The van der Waals surface area contributed by atoms with E-state index in [1.54, 1.807) is 6.26 Å². The Balaban J connectivity index is 1.53. The van der Waals surface area contributed by atoms with Crippen LogP contribution in [-0.2, 0) is 11.2 Å². The van der Waals surface area contributed by atoms with Crippen LogP contribution in [0.1, 0.15) is 22.3 Å². The Morgan fingerprint density at radius 2 is 1.85 bits per heavy atom. The molecule has 0 atom stereocenters. The number of benzene rings is 2. The molecular weight excluding hydrogens is 342 g/mol. The highest BCUT2D eigenvalue weighted by molar-refractivity contribution is 5.95. The van der Waals surface area contributed by atoms with E-state index in [0.29, 0.717) is 5.89 Å². The molecule has 6 heteroatoms. The van der Waals surface area contributed by atoms with Crippen LogP contribution in [-0.4, -0.2) is 16.1 Å². The molecule has 0 unspecified atom stereocenters. The molecule has 2 heterocycles. The largest absolute Gasteiger partial charge is 0.464 e. The Morgan fingerprint density at radius 3 is 2.63 bits per heavy atom. The number of hydrogen-bond donors (Lipinski definition) is 1. The van der Waals surface area contributed by atoms with E-state index >= 15 is 0 Å². The summed E-state index contributed by atoms with van der Waals surface area (Å²) >= 11 is 0. The van der Waals surface area contributed by atoms with E-state index in [1.807, 2.05) is 44.2 Å². The molecule has 4 aromatic rings. The molecule has 27 heavy (non-hydrogen) atoms. The molecule has 0 spiro atoms. The van der Waals surface area contributed by atoms with Gasteiger partial charge in [-0.3, -0.25) is 10.1 Å². The van der Waals surface area contributed by atoms with Crippen LogP contribution in [0, 0.1) is 20.8 Å². The third-order valence-electron chi connectivity index (χ3n) is 4.67. The molecule has 2 aromatic heterocycles. The number of amides is 1. The number of carbonyl (C=O) groups is 1. The molecule has 0 fully saturated rings. The molecule has 0 saturated carbocycles. The van der Waals surface area contributed by atoms with Gasteiger partial charge in [0.2, 0.25) is 11.8 Å². The summed E-state index contributed by atoms with van der Waals surface area (Å²) < 4.78 is 11.3. The lowest BCUT2D eigenvalue weighted by Crippen LogP contribution is -2.14. The number of nitrogens with zero attached hydrogens (tertiary/aromatic N) is 2. The standard InChI is InChI=1S/C21H19N3O3/c1-12-9-13(2)18-16(11-26-19(18)14(12)3)10-17(25)22-21-24-23-20(27-21)15-7-5-4-6-8-15/h4-9,11H,10H2,1-3H3,(H,22,24,25). The van der Waals surface area contributed by atoms with E-state index < -0.39 is 0 Å². The van der Waals surface area contributed by atoms with E-state index in [-0.39, 0.29) is 18.3 Å². The number of hydrogen-bond acceptors (Lipinski definition) is 5. The predicted octanol–water partition coefficient (Wildman–Crippen LogP) is 4.59. The fraction of sp³-hybridized carbons (Fsp3) is 0.190. The molecule has 0 bridgehead atoms. The van der Waals surface area contributed by atoms with E-state index in [1.165, 1.54) is 5.56 Å². The minimum Gasteiger partial charge on any atom is -0.464 e. The molecule has 4 rings (SSSR count). The SMILES string of the molecule is Cc1cc(C)c2c(CC(=O)Nc3nnc(-c4ccccc4)o3)coc2c1C. The highest BCUT2D eigenvalue weighted by Gasteiger charge is 2.17. The third kappa shape index (κ3) is 3.21. The van der Waals surface area contributed by atoms with E-state index in [0.717, 1.165) is 33.2 Å². The summed E-state index contributed by atoms with van der Waals surface area (Å²) in [6, 6.07) is 11.6. The van der Waals surface area contributed by atoms with Crippen LogP contribution < -0.4 is 5.32 Å². The zero-order valence-corrected chi connectivity index (χ0v) is 15.4. The van der Waals surface area contributed by atoms with Gasteiger partial charge in [-0.2, -0.15) is 0 Å². The average Bonchev–Trinajstić information content (AvgIpc) is 3.28. The van der Waals surface area contributed by atoms with Crippen LogP contribution in [0.15, 0.2) is 51.5 Å². The Morgan fingerprint density at radius 1 is 1.07 bits per heavy atom. The maximum absolute atomic E-state index is 12.5. The average molecular weight is 361 g/mol. The summed E-state index contributed by atoms with van der Waals surface area (Å²) in [5.74, 6) is 0.125. The molecule has 6 nitrogen and oxygen atoms in total. The Kier molecular flexibility index (Phi) is 4.24. The molecule has 0 aliphatic carbocycles. The van der Waals surface area contributed by atoms with E-state index in [4.69, 9.17) is 8.83 Å². The van der Waals surface area contributed by atoms with Crippen molar-refractivity contribution in [3.8, 4) is 11.5 Å². The van der Waals surface area contributed by atoms with Crippen molar-refractivity contribution < 1.29 is 13.6 Å². The maximum Gasteiger partial charge on any atom is 0.322 e. The summed E-state index contributed by atoms with van der Waals surface area (Å²) in [6.07, 6.45) is 1.81. The van der Waals surface area contributed by atoms with Crippen molar-refractivity contribution in [3.05, 3.63) is 64.9 Å². The molecule has 2 aromatic carbocycles. The second-order valence-corrected chi connectivity index (χ2v) is 6.60. The molecule has 0 aliphatic heterocycles. The quantitative estimate of drug-likeness (QED) is 0.575. The van der Waals surface area contributed by atoms with Crippen molar-refractivity contribution in [1.29, 1.82) is 0 Å². The number of rotatable bonds is 4. The molecule has 0 radical (unpaired) electrons. The summed E-state index contributed by atoms with van der Waals surface area (Å²) in [6.45, 7) is 6.10. The van der Waals surface area contributed by atoms with Crippen molar-refractivity contribution in [3.63, 3.8) is 0 Å². The van der Waals surface area contributed by atoms with Crippen LogP contribution in [0.3, 0.4) is 0 Å². The minimum atomic E-state index is -0.237. The van der Waals surface area contributed by atoms with Gasteiger partial charge in [0, 0.05) is 16.5 Å². The first-order chi connectivity index (χ1) is 13.0. The number of fused-ring (bicyclic) bond motifs is 1. The highest BCUT2D eigenvalue weighted by Crippen LogP contribution is 2.30. The molecule has 1 N–H and O–H groups in total. The van der Waals surface area contributed by atoms with Gasteiger partial charge in [0.15, 0.2) is 0 Å². The van der Waals surface area contributed by atoms with Gasteiger partial charge in [-0.05, 0) is 49.6 Å². The predicted molar refractivity (Wildman–Crippen MR) is 102 cm³/mol. The molecule has 0 aliphatic rings. The summed E-state index contributed by atoms with van der Waals surface area (Å²) in [5, 5.41) is 11.5. The van der Waals surface area contributed by atoms with Gasteiger partial charge in [0.25, 0.3) is 0 Å². The summed E-state index contributed by atoms with van der Waals surface area (Å²) in [5.41, 5.74) is 5.82. The fourth-order valence-corrected chi connectivity index (χ4v) is 3.22. The number of anilines is 1. The molecule has 0 saturated heterocycles. The van der Waals surface area contributed by atoms with Gasteiger partial charge in [0.05, 0.1) is 12.7 Å². The van der Waals surface area contributed by atoms with Crippen LogP contribution in [0.25, 0.3) is 22.4 Å². The van der Waals surface area contributed by atoms with Crippen molar-refractivity contribution in [1.82, 2.24) is 10.2 Å². The normalized spacial score (nSPS) is 11.1. The second-order valence-electron chi connectivity index (χ2n) is 6.60. The second kappa shape index (κ2) is 6.72. The highest BCUT2D eigenvalue weighted by atomic mass is 16.4. The topological polar surface area (TPSA) is 81.2 Å². The van der Waals surface area contributed by atoms with Crippen molar-refractivity contribution in [2.45, 2.75) is 27.2 Å². The lowest BCUT2D eigenvalue weighted by molar-refractivity contribution is -0.115. The van der Waals surface area contributed by atoms with Gasteiger partial charge in [-0.25, -0.2) is 0 Å². The van der Waals surface area contributed by atoms with Crippen LogP contribution in [0.4, 0.5) is 6.01 Å².